The summed E-state index contributed by atoms with van der Waals surface area (Å²) in [5, 5.41) is 8.19. The third-order valence-corrected chi connectivity index (χ3v) is 3.26. The molecular formula is C14H12FN3O2S. The Bertz CT molecular complexity index is 740. The van der Waals surface area contributed by atoms with Crippen molar-refractivity contribution in [1.29, 1.82) is 0 Å². The highest BCUT2D eigenvalue weighted by molar-refractivity contribution is 7.14. The molecule has 0 spiro atoms. The van der Waals surface area contributed by atoms with Crippen LogP contribution in [0.25, 0.3) is 11.3 Å². The summed E-state index contributed by atoms with van der Waals surface area (Å²) in [5.41, 5.74) is 1.25. The molecule has 2 aromatic heterocycles. The molecule has 1 aromatic carbocycles. The van der Waals surface area contributed by atoms with Crippen molar-refractivity contribution >= 4 is 22.4 Å². The van der Waals surface area contributed by atoms with Crippen LogP contribution < -0.4 is 5.32 Å². The summed E-state index contributed by atoms with van der Waals surface area (Å²) in [5.74, 6) is -0.655. The van der Waals surface area contributed by atoms with Crippen LogP contribution in [0.15, 0.2) is 46.4 Å². The third-order valence-electron chi connectivity index (χ3n) is 2.51. The second-order valence-electron chi connectivity index (χ2n) is 3.88. The van der Waals surface area contributed by atoms with Crippen LogP contribution in [0.4, 0.5) is 9.52 Å². The van der Waals surface area contributed by atoms with Gasteiger partial charge in [-0.1, -0.05) is 24.7 Å². The third kappa shape index (κ3) is 3.32. The summed E-state index contributed by atoms with van der Waals surface area (Å²) in [6.07, 6.45) is 1.38. The molecule has 21 heavy (non-hydrogen) atoms. The maximum atomic E-state index is 13.1. The zero-order valence-corrected chi connectivity index (χ0v) is 10.9. The zero-order chi connectivity index (χ0) is 13.9. The molecule has 0 aliphatic heterocycles. The number of benzene rings is 1. The first-order valence-electron chi connectivity index (χ1n) is 5.66. The van der Waals surface area contributed by atoms with Crippen molar-refractivity contribution in [2.75, 3.05) is 5.32 Å². The summed E-state index contributed by atoms with van der Waals surface area (Å²) in [4.78, 5) is 16.0. The van der Waals surface area contributed by atoms with Gasteiger partial charge in [0.2, 0.25) is 5.76 Å². The van der Waals surface area contributed by atoms with E-state index in [0.29, 0.717) is 16.4 Å². The fourth-order valence-corrected chi connectivity index (χ4v) is 2.32. The van der Waals surface area contributed by atoms with Crippen LogP contribution >= 0.6 is 11.3 Å². The van der Waals surface area contributed by atoms with E-state index in [4.69, 9.17) is 4.52 Å². The molecule has 0 aliphatic rings. The van der Waals surface area contributed by atoms with Gasteiger partial charge in [0.25, 0.3) is 5.91 Å². The maximum absolute atomic E-state index is 13.1. The zero-order valence-electron chi connectivity index (χ0n) is 10.0. The number of carbonyl (C=O) groups is 1. The van der Waals surface area contributed by atoms with Crippen molar-refractivity contribution in [2.45, 2.75) is 7.43 Å². The number of amides is 1. The van der Waals surface area contributed by atoms with Gasteiger partial charge in [-0.05, 0) is 12.1 Å². The first-order chi connectivity index (χ1) is 9.72. The molecule has 3 rings (SSSR count). The molecule has 0 fully saturated rings. The smallest absolute Gasteiger partial charge is 0.296 e. The SMILES string of the molecule is C.O=C(Nc1nc(-c2cccc(F)c2)cs1)c1ccno1. The van der Waals surface area contributed by atoms with Crippen molar-refractivity contribution in [3.8, 4) is 11.3 Å². The molecule has 0 bridgehead atoms. The van der Waals surface area contributed by atoms with Crippen LogP contribution in [0.5, 0.6) is 0 Å². The molecule has 3 aromatic rings. The number of halogens is 1. The fourth-order valence-electron chi connectivity index (χ4n) is 1.60. The van der Waals surface area contributed by atoms with E-state index in [0.717, 1.165) is 0 Å². The van der Waals surface area contributed by atoms with Gasteiger partial charge in [-0.3, -0.25) is 10.1 Å². The molecule has 108 valence electrons. The minimum absolute atomic E-state index is 0. The fraction of sp³-hybridized carbons (Fsp3) is 0.0714. The number of anilines is 1. The average molecular weight is 305 g/mol. The Labute approximate surface area is 124 Å². The molecule has 5 nitrogen and oxygen atoms in total. The predicted octanol–water partition coefficient (Wildman–Crippen LogP) is 3.83. The monoisotopic (exact) mass is 305 g/mol. The molecule has 0 aliphatic carbocycles. The van der Waals surface area contributed by atoms with Crippen LogP contribution in [0.1, 0.15) is 18.0 Å². The molecule has 0 saturated carbocycles. The molecular weight excluding hydrogens is 293 g/mol. The lowest BCUT2D eigenvalue weighted by Crippen LogP contribution is -2.10. The molecule has 1 N–H and O–H groups in total. The standard InChI is InChI=1S/C13H8FN3O2S.CH4/c14-9-3-1-2-8(6-9)10-7-20-13(16-10)17-12(18)11-4-5-15-19-11;/h1-7H,(H,16,17,18);1H4. The minimum Gasteiger partial charge on any atom is -0.351 e. The number of thiazole rings is 1. The van der Waals surface area contributed by atoms with Gasteiger partial charge < -0.3 is 4.52 Å². The summed E-state index contributed by atoms with van der Waals surface area (Å²) in [6.45, 7) is 0. The number of aromatic nitrogens is 2. The number of carbonyl (C=O) groups excluding carboxylic acids is 1. The molecule has 2 heterocycles. The van der Waals surface area contributed by atoms with Crippen molar-refractivity contribution in [3.05, 3.63) is 53.5 Å². The second-order valence-corrected chi connectivity index (χ2v) is 4.74. The highest BCUT2D eigenvalue weighted by atomic mass is 32.1. The predicted molar refractivity (Wildman–Crippen MR) is 78.7 cm³/mol. The molecule has 1 amide bonds. The van der Waals surface area contributed by atoms with Crippen molar-refractivity contribution in [2.24, 2.45) is 0 Å². The molecule has 0 unspecified atom stereocenters. The van der Waals surface area contributed by atoms with Crippen LogP contribution in [0, 0.1) is 5.82 Å². The van der Waals surface area contributed by atoms with E-state index in [2.05, 4.69) is 15.5 Å². The highest BCUT2D eigenvalue weighted by Crippen LogP contribution is 2.25. The minimum atomic E-state index is -0.428. The Hall–Kier alpha value is -2.54. The largest absolute Gasteiger partial charge is 0.351 e. The topological polar surface area (TPSA) is 68.0 Å². The highest BCUT2D eigenvalue weighted by Gasteiger charge is 2.12. The first-order valence-corrected chi connectivity index (χ1v) is 6.54. The first kappa shape index (κ1) is 14.9. The van der Waals surface area contributed by atoms with E-state index in [1.165, 1.54) is 35.7 Å². The van der Waals surface area contributed by atoms with Crippen LogP contribution in [0.2, 0.25) is 0 Å². The van der Waals surface area contributed by atoms with E-state index >= 15 is 0 Å². The van der Waals surface area contributed by atoms with Crippen molar-refractivity contribution in [3.63, 3.8) is 0 Å². The summed E-state index contributed by atoms with van der Waals surface area (Å²) in [7, 11) is 0. The van der Waals surface area contributed by atoms with Gasteiger partial charge in [-0.25, -0.2) is 9.37 Å². The van der Waals surface area contributed by atoms with Gasteiger partial charge in [0.15, 0.2) is 5.13 Å². The van der Waals surface area contributed by atoms with Crippen LogP contribution in [0.3, 0.4) is 0 Å². The average Bonchev–Trinajstić information content (AvgIpc) is 3.10. The van der Waals surface area contributed by atoms with E-state index in [-0.39, 0.29) is 19.0 Å². The van der Waals surface area contributed by atoms with Crippen molar-refractivity contribution < 1.29 is 13.7 Å². The van der Waals surface area contributed by atoms with Crippen molar-refractivity contribution in [1.82, 2.24) is 10.1 Å². The molecule has 0 saturated heterocycles. The maximum Gasteiger partial charge on any atom is 0.296 e. The number of rotatable bonds is 3. The summed E-state index contributed by atoms with van der Waals surface area (Å²) >= 11 is 1.25. The van der Waals surface area contributed by atoms with E-state index in [1.807, 2.05) is 0 Å². The Morgan fingerprint density at radius 2 is 2.19 bits per heavy atom. The van der Waals surface area contributed by atoms with Gasteiger partial charge >= 0.3 is 0 Å². The number of hydrogen-bond acceptors (Lipinski definition) is 5. The molecule has 0 radical (unpaired) electrons. The Morgan fingerprint density at radius 3 is 2.90 bits per heavy atom. The number of nitrogens with one attached hydrogen (secondary N) is 1. The number of nitrogens with zero attached hydrogens (tertiary/aromatic N) is 2. The van der Waals surface area contributed by atoms with Gasteiger partial charge in [0.1, 0.15) is 5.82 Å². The van der Waals surface area contributed by atoms with E-state index in [1.54, 1.807) is 17.5 Å². The second kappa shape index (κ2) is 6.27. The summed E-state index contributed by atoms with van der Waals surface area (Å²) < 4.78 is 17.9. The quantitative estimate of drug-likeness (QED) is 0.798. The summed E-state index contributed by atoms with van der Waals surface area (Å²) in [6, 6.07) is 7.56. The lowest BCUT2D eigenvalue weighted by Gasteiger charge is -1.97. The van der Waals surface area contributed by atoms with E-state index < -0.39 is 5.91 Å². The number of hydrogen-bond donors (Lipinski definition) is 1. The lowest BCUT2D eigenvalue weighted by atomic mass is 10.2. The van der Waals surface area contributed by atoms with Gasteiger partial charge in [0, 0.05) is 17.0 Å². The van der Waals surface area contributed by atoms with E-state index in [9.17, 15) is 9.18 Å². The Kier molecular flexibility index (Phi) is 4.44. The Balaban J connectivity index is 0.00000161. The van der Waals surface area contributed by atoms with Gasteiger partial charge in [-0.15, -0.1) is 11.3 Å². The molecule has 7 heteroatoms. The van der Waals surface area contributed by atoms with Crippen LogP contribution in [-0.4, -0.2) is 16.0 Å². The lowest BCUT2D eigenvalue weighted by molar-refractivity contribution is 0.0988. The Morgan fingerprint density at radius 1 is 1.33 bits per heavy atom. The van der Waals surface area contributed by atoms with Crippen LogP contribution in [-0.2, 0) is 0 Å². The van der Waals surface area contributed by atoms with Gasteiger partial charge in [0.05, 0.1) is 11.9 Å². The van der Waals surface area contributed by atoms with Gasteiger partial charge in [-0.2, -0.15) is 0 Å². The molecule has 0 atom stereocenters. The normalized spacial score (nSPS) is 9.95.